The fourth-order valence-electron chi connectivity index (χ4n) is 3.88. The van der Waals surface area contributed by atoms with E-state index in [2.05, 4.69) is 10.3 Å². The zero-order chi connectivity index (χ0) is 16.0. The largest absolute Gasteiger partial charge is 0.480 e. The van der Waals surface area contributed by atoms with E-state index in [1.54, 1.807) is 0 Å². The first-order valence-corrected chi connectivity index (χ1v) is 7.83. The Kier molecular flexibility index (Phi) is 3.50. The summed E-state index contributed by atoms with van der Waals surface area (Å²) in [6.45, 7) is 4.18. The van der Waals surface area contributed by atoms with Crippen LogP contribution in [0.2, 0.25) is 0 Å². The lowest BCUT2D eigenvalue weighted by Crippen LogP contribution is -2.61. The van der Waals surface area contributed by atoms with Crippen molar-refractivity contribution in [3.8, 4) is 0 Å². The van der Waals surface area contributed by atoms with E-state index in [4.69, 9.17) is 4.42 Å². The number of aliphatic carboxylic acids is 1. The first kappa shape index (κ1) is 15.1. The second kappa shape index (κ2) is 5.11. The lowest BCUT2D eigenvalue weighted by molar-refractivity contribution is -0.181. The van der Waals surface area contributed by atoms with Gasteiger partial charge in [-0.1, -0.05) is 20.3 Å². The number of carbonyl (C=O) groups excluding carboxylic acids is 1. The van der Waals surface area contributed by atoms with Crippen LogP contribution in [0.25, 0.3) is 0 Å². The van der Waals surface area contributed by atoms with Gasteiger partial charge in [0.15, 0.2) is 6.39 Å². The second-order valence-electron chi connectivity index (χ2n) is 7.10. The number of nitrogens with zero attached hydrogens (tertiary/aromatic N) is 1. The Hall–Kier alpha value is -1.85. The normalized spacial score (nSPS) is 21.2. The lowest BCUT2D eigenvalue weighted by Gasteiger charge is -2.58. The first-order valence-electron chi connectivity index (χ1n) is 7.83. The zero-order valence-corrected chi connectivity index (χ0v) is 13.0. The Bertz CT molecular complexity index is 593. The number of rotatable bonds is 5. The number of carboxylic acid groups (broad SMARTS) is 1. The maximum absolute atomic E-state index is 12.4. The molecule has 0 saturated heterocycles. The molecule has 1 aromatic rings. The molecule has 2 N–H and O–H groups in total. The molecule has 0 atom stereocenters. The quantitative estimate of drug-likeness (QED) is 0.815. The second-order valence-corrected chi connectivity index (χ2v) is 7.10. The molecule has 2 aliphatic rings. The molecule has 6 heteroatoms. The van der Waals surface area contributed by atoms with Gasteiger partial charge < -0.3 is 14.8 Å². The number of hydrogen-bond donors (Lipinski definition) is 2. The van der Waals surface area contributed by atoms with Crippen LogP contribution in [0.1, 0.15) is 63.3 Å². The van der Waals surface area contributed by atoms with Crippen molar-refractivity contribution >= 4 is 11.9 Å². The molecule has 0 aromatic carbocycles. The summed E-state index contributed by atoms with van der Waals surface area (Å²) in [5, 5.41) is 12.3. The third-order valence-electron chi connectivity index (χ3n) is 5.23. The summed E-state index contributed by atoms with van der Waals surface area (Å²) < 4.78 is 5.31. The minimum absolute atomic E-state index is 0.118. The predicted octanol–water partition coefficient (Wildman–Crippen LogP) is 2.45. The number of hydrogen-bond acceptors (Lipinski definition) is 4. The Morgan fingerprint density at radius 3 is 2.59 bits per heavy atom. The molecule has 2 aliphatic carbocycles. The van der Waals surface area contributed by atoms with Gasteiger partial charge in [0.1, 0.15) is 16.9 Å². The highest BCUT2D eigenvalue weighted by Crippen LogP contribution is 2.64. The molecular weight excluding hydrogens is 284 g/mol. The molecule has 0 aliphatic heterocycles. The molecule has 6 nitrogen and oxygen atoms in total. The number of oxazole rings is 1. The molecule has 2 fully saturated rings. The third kappa shape index (κ3) is 2.21. The SMILES string of the molecule is CC(C)c1ocnc1CNC(=O)C1(C(=O)O)CC2(CCC2)C1. The molecule has 1 amide bonds. The van der Waals surface area contributed by atoms with E-state index in [1.807, 2.05) is 13.8 Å². The maximum Gasteiger partial charge on any atom is 0.319 e. The average Bonchev–Trinajstić information content (AvgIpc) is 2.81. The van der Waals surface area contributed by atoms with Crippen molar-refractivity contribution in [3.05, 3.63) is 17.8 Å². The molecule has 120 valence electrons. The van der Waals surface area contributed by atoms with E-state index < -0.39 is 17.3 Å². The van der Waals surface area contributed by atoms with Crippen LogP contribution in [0, 0.1) is 10.8 Å². The van der Waals surface area contributed by atoms with Crippen molar-refractivity contribution < 1.29 is 19.1 Å². The van der Waals surface area contributed by atoms with Crippen LogP contribution >= 0.6 is 0 Å². The molecule has 1 heterocycles. The Balaban J connectivity index is 1.65. The molecule has 0 radical (unpaired) electrons. The highest BCUT2D eigenvalue weighted by Gasteiger charge is 2.64. The summed E-state index contributed by atoms with van der Waals surface area (Å²) in [6.07, 6.45) is 5.55. The molecule has 1 aromatic heterocycles. The van der Waals surface area contributed by atoms with Gasteiger partial charge in [-0.2, -0.15) is 0 Å². The van der Waals surface area contributed by atoms with Crippen molar-refractivity contribution in [2.75, 3.05) is 0 Å². The van der Waals surface area contributed by atoms with E-state index in [1.165, 1.54) is 6.39 Å². The highest BCUT2D eigenvalue weighted by molar-refractivity contribution is 6.03. The van der Waals surface area contributed by atoms with E-state index in [0.717, 1.165) is 25.0 Å². The van der Waals surface area contributed by atoms with Crippen molar-refractivity contribution in [3.63, 3.8) is 0 Å². The van der Waals surface area contributed by atoms with Crippen molar-refractivity contribution in [2.45, 2.75) is 58.4 Å². The standard InChI is InChI=1S/C16H22N2O4/c1-10(2)12-11(18-9-22-12)6-17-13(19)16(14(20)21)7-15(8-16)4-3-5-15/h9-10H,3-8H2,1-2H3,(H,17,19)(H,20,21). The summed E-state index contributed by atoms with van der Waals surface area (Å²) in [5.74, 6) is -0.500. The van der Waals surface area contributed by atoms with Crippen LogP contribution in [0.15, 0.2) is 10.8 Å². The van der Waals surface area contributed by atoms with E-state index >= 15 is 0 Å². The van der Waals surface area contributed by atoms with Crippen molar-refractivity contribution in [1.82, 2.24) is 10.3 Å². The van der Waals surface area contributed by atoms with E-state index in [0.29, 0.717) is 18.5 Å². The minimum Gasteiger partial charge on any atom is -0.480 e. The van der Waals surface area contributed by atoms with Crippen LogP contribution in [0.3, 0.4) is 0 Å². The van der Waals surface area contributed by atoms with Gasteiger partial charge in [-0.25, -0.2) is 4.98 Å². The third-order valence-corrected chi connectivity index (χ3v) is 5.23. The topological polar surface area (TPSA) is 92.4 Å². The van der Waals surface area contributed by atoms with Gasteiger partial charge in [0.05, 0.1) is 6.54 Å². The number of amides is 1. The fourth-order valence-corrected chi connectivity index (χ4v) is 3.88. The van der Waals surface area contributed by atoms with Gasteiger partial charge in [-0.15, -0.1) is 0 Å². The van der Waals surface area contributed by atoms with Crippen molar-refractivity contribution in [2.24, 2.45) is 10.8 Å². The van der Waals surface area contributed by atoms with Gasteiger partial charge in [0, 0.05) is 5.92 Å². The van der Waals surface area contributed by atoms with Crippen LogP contribution in [0.5, 0.6) is 0 Å². The lowest BCUT2D eigenvalue weighted by atomic mass is 9.45. The molecule has 0 bridgehead atoms. The summed E-state index contributed by atoms with van der Waals surface area (Å²) in [7, 11) is 0. The van der Waals surface area contributed by atoms with Crippen LogP contribution < -0.4 is 5.32 Å². The van der Waals surface area contributed by atoms with E-state index in [9.17, 15) is 14.7 Å². The summed E-state index contributed by atoms with van der Waals surface area (Å²) >= 11 is 0. The summed E-state index contributed by atoms with van der Waals surface area (Å²) in [5.41, 5.74) is -0.462. The molecular formula is C16H22N2O4. The maximum atomic E-state index is 12.4. The van der Waals surface area contributed by atoms with Gasteiger partial charge in [-0.3, -0.25) is 9.59 Å². The zero-order valence-electron chi connectivity index (χ0n) is 13.0. The average molecular weight is 306 g/mol. The fraction of sp³-hybridized carbons (Fsp3) is 0.688. The van der Waals surface area contributed by atoms with Crippen molar-refractivity contribution in [1.29, 1.82) is 0 Å². The predicted molar refractivity (Wildman–Crippen MR) is 78.0 cm³/mol. The number of carboxylic acids is 1. The van der Waals surface area contributed by atoms with E-state index in [-0.39, 0.29) is 17.9 Å². The number of carbonyl (C=O) groups is 2. The number of nitrogens with one attached hydrogen (secondary N) is 1. The Labute approximate surface area is 129 Å². The molecule has 22 heavy (non-hydrogen) atoms. The molecule has 3 rings (SSSR count). The molecule has 0 unspecified atom stereocenters. The smallest absolute Gasteiger partial charge is 0.319 e. The van der Waals surface area contributed by atoms with Crippen LogP contribution in [-0.4, -0.2) is 22.0 Å². The van der Waals surface area contributed by atoms with Gasteiger partial charge >= 0.3 is 5.97 Å². The molecule has 1 spiro atoms. The monoisotopic (exact) mass is 306 g/mol. The highest BCUT2D eigenvalue weighted by atomic mass is 16.4. The van der Waals surface area contributed by atoms with Gasteiger partial charge in [0.25, 0.3) is 0 Å². The minimum atomic E-state index is -1.25. The van der Waals surface area contributed by atoms with Crippen LogP contribution in [-0.2, 0) is 16.1 Å². The Morgan fingerprint density at radius 1 is 1.41 bits per heavy atom. The number of aromatic nitrogens is 1. The van der Waals surface area contributed by atoms with Gasteiger partial charge in [0.2, 0.25) is 5.91 Å². The first-order chi connectivity index (χ1) is 10.4. The van der Waals surface area contributed by atoms with Crippen LogP contribution in [0.4, 0.5) is 0 Å². The summed E-state index contributed by atoms with van der Waals surface area (Å²) in [4.78, 5) is 28.2. The Morgan fingerprint density at radius 2 is 2.09 bits per heavy atom. The van der Waals surface area contributed by atoms with Gasteiger partial charge in [-0.05, 0) is 31.1 Å². The molecule has 2 saturated carbocycles. The summed E-state index contributed by atoms with van der Waals surface area (Å²) in [6, 6.07) is 0.